The molecule has 1 saturated heterocycles. The van der Waals surface area contributed by atoms with Gasteiger partial charge in [0.05, 0.1) is 5.92 Å². The van der Waals surface area contributed by atoms with Gasteiger partial charge in [0.25, 0.3) is 0 Å². The smallest absolute Gasteiger partial charge is 0.232 e. The second-order valence-electron chi connectivity index (χ2n) is 5.43. The van der Waals surface area contributed by atoms with Crippen molar-refractivity contribution < 1.29 is 9.26 Å². The van der Waals surface area contributed by atoms with E-state index in [1.807, 2.05) is 18.7 Å². The molecule has 3 unspecified atom stereocenters. The highest BCUT2D eigenvalue weighted by Gasteiger charge is 2.33. The van der Waals surface area contributed by atoms with E-state index < -0.39 is 0 Å². The number of hydrogen-bond donors (Lipinski definition) is 1. The van der Waals surface area contributed by atoms with Gasteiger partial charge in [0.15, 0.2) is 0 Å². The van der Waals surface area contributed by atoms with Crippen LogP contribution in [0.15, 0.2) is 4.52 Å². The molecule has 0 saturated carbocycles. The number of thioether (sulfide) groups is 1. The maximum atomic E-state index is 5.73. The standard InChI is InChI=1S/C15H27N3O2S/c1-4-7-13(19-6-3)14-17-15(20-18-14)11-9-21-10-12(11)16-8-5-2/h11-13,16H,4-10H2,1-3H3. The van der Waals surface area contributed by atoms with E-state index in [1.54, 1.807) is 0 Å². The summed E-state index contributed by atoms with van der Waals surface area (Å²) in [5.41, 5.74) is 0. The van der Waals surface area contributed by atoms with Crippen LogP contribution in [0.4, 0.5) is 0 Å². The predicted octanol–water partition coefficient (Wildman–Crippen LogP) is 3.15. The van der Waals surface area contributed by atoms with E-state index >= 15 is 0 Å². The molecular weight excluding hydrogens is 286 g/mol. The van der Waals surface area contributed by atoms with Crippen LogP contribution >= 0.6 is 11.8 Å². The summed E-state index contributed by atoms with van der Waals surface area (Å²) < 4.78 is 11.3. The van der Waals surface area contributed by atoms with Crippen molar-refractivity contribution in [2.24, 2.45) is 0 Å². The van der Waals surface area contributed by atoms with Crippen molar-refractivity contribution in [1.29, 1.82) is 0 Å². The Hall–Kier alpha value is -0.590. The molecule has 1 N–H and O–H groups in total. The average Bonchev–Trinajstić information content (AvgIpc) is 3.13. The Bertz CT molecular complexity index is 407. The first-order chi connectivity index (χ1) is 10.3. The molecule has 5 nitrogen and oxygen atoms in total. The quantitative estimate of drug-likeness (QED) is 0.756. The SMILES string of the molecule is CCCNC1CSCC1c1nc(C(CCC)OCC)no1. The van der Waals surface area contributed by atoms with Crippen molar-refractivity contribution in [2.75, 3.05) is 24.7 Å². The van der Waals surface area contributed by atoms with E-state index in [0.29, 0.717) is 24.4 Å². The molecule has 2 rings (SSSR count). The molecule has 0 amide bonds. The van der Waals surface area contributed by atoms with Crippen LogP contribution in [-0.4, -0.2) is 40.8 Å². The van der Waals surface area contributed by atoms with Crippen LogP contribution in [0.1, 0.15) is 63.8 Å². The lowest BCUT2D eigenvalue weighted by molar-refractivity contribution is 0.0477. The molecule has 3 atom stereocenters. The highest BCUT2D eigenvalue weighted by Crippen LogP contribution is 2.33. The van der Waals surface area contributed by atoms with E-state index in [0.717, 1.165) is 43.2 Å². The van der Waals surface area contributed by atoms with Crippen molar-refractivity contribution in [1.82, 2.24) is 15.5 Å². The zero-order valence-electron chi connectivity index (χ0n) is 13.3. The molecule has 0 radical (unpaired) electrons. The normalized spacial score (nSPS) is 23.6. The summed E-state index contributed by atoms with van der Waals surface area (Å²) in [6, 6.07) is 0.444. The van der Waals surface area contributed by atoms with Gasteiger partial charge in [-0.2, -0.15) is 16.7 Å². The van der Waals surface area contributed by atoms with Crippen LogP contribution in [0.2, 0.25) is 0 Å². The van der Waals surface area contributed by atoms with Crippen molar-refractivity contribution in [3.8, 4) is 0 Å². The first kappa shape index (κ1) is 16.8. The molecule has 1 aromatic heterocycles. The molecular formula is C15H27N3O2S. The number of ether oxygens (including phenoxy) is 1. The van der Waals surface area contributed by atoms with Crippen LogP contribution < -0.4 is 5.32 Å². The van der Waals surface area contributed by atoms with Gasteiger partial charge in [-0.3, -0.25) is 0 Å². The fourth-order valence-corrected chi connectivity index (χ4v) is 3.98. The number of hydrogen-bond acceptors (Lipinski definition) is 6. The van der Waals surface area contributed by atoms with Gasteiger partial charge < -0.3 is 14.6 Å². The lowest BCUT2D eigenvalue weighted by Crippen LogP contribution is -2.34. The van der Waals surface area contributed by atoms with Crippen molar-refractivity contribution in [3.63, 3.8) is 0 Å². The summed E-state index contributed by atoms with van der Waals surface area (Å²) in [7, 11) is 0. The predicted molar refractivity (Wildman–Crippen MR) is 85.7 cm³/mol. The highest BCUT2D eigenvalue weighted by atomic mass is 32.2. The van der Waals surface area contributed by atoms with Gasteiger partial charge >= 0.3 is 0 Å². The van der Waals surface area contributed by atoms with E-state index in [1.165, 1.54) is 0 Å². The zero-order chi connectivity index (χ0) is 15.1. The Kier molecular flexibility index (Phi) is 6.99. The molecule has 1 aromatic rings. The fraction of sp³-hybridized carbons (Fsp3) is 0.867. The summed E-state index contributed by atoms with van der Waals surface area (Å²) >= 11 is 1.95. The largest absolute Gasteiger partial charge is 0.370 e. The van der Waals surface area contributed by atoms with Gasteiger partial charge in [-0.05, 0) is 26.3 Å². The average molecular weight is 313 g/mol. The third-order valence-electron chi connectivity index (χ3n) is 3.72. The van der Waals surface area contributed by atoms with Crippen molar-refractivity contribution in [3.05, 3.63) is 11.7 Å². The first-order valence-electron chi connectivity index (χ1n) is 8.06. The molecule has 1 fully saturated rings. The molecule has 21 heavy (non-hydrogen) atoms. The van der Waals surface area contributed by atoms with Crippen LogP contribution in [0.5, 0.6) is 0 Å². The Labute approximate surface area is 131 Å². The van der Waals surface area contributed by atoms with Gasteiger partial charge in [0.2, 0.25) is 11.7 Å². The molecule has 120 valence electrons. The van der Waals surface area contributed by atoms with Gasteiger partial charge in [-0.25, -0.2) is 0 Å². The van der Waals surface area contributed by atoms with Gasteiger partial charge in [-0.15, -0.1) is 0 Å². The van der Waals surface area contributed by atoms with Crippen LogP contribution in [0.25, 0.3) is 0 Å². The van der Waals surface area contributed by atoms with E-state index in [-0.39, 0.29) is 6.10 Å². The Morgan fingerprint density at radius 2 is 2.19 bits per heavy atom. The molecule has 6 heteroatoms. The first-order valence-corrected chi connectivity index (χ1v) is 9.21. The number of rotatable bonds is 9. The minimum atomic E-state index is -0.0337. The molecule has 0 spiro atoms. The summed E-state index contributed by atoms with van der Waals surface area (Å²) in [4.78, 5) is 4.63. The summed E-state index contributed by atoms with van der Waals surface area (Å²) in [5, 5.41) is 7.75. The Morgan fingerprint density at radius 3 is 2.90 bits per heavy atom. The van der Waals surface area contributed by atoms with Gasteiger partial charge in [0, 0.05) is 24.2 Å². The van der Waals surface area contributed by atoms with E-state index in [2.05, 4.69) is 29.3 Å². The van der Waals surface area contributed by atoms with Crippen LogP contribution in [0, 0.1) is 0 Å². The number of aromatic nitrogens is 2. The number of nitrogens with one attached hydrogen (secondary N) is 1. The summed E-state index contributed by atoms with van der Waals surface area (Å²) in [6.45, 7) is 8.05. The maximum Gasteiger partial charge on any atom is 0.232 e. The lowest BCUT2D eigenvalue weighted by atomic mass is 10.0. The van der Waals surface area contributed by atoms with E-state index in [4.69, 9.17) is 9.26 Å². The minimum absolute atomic E-state index is 0.0337. The maximum absolute atomic E-state index is 5.73. The third kappa shape index (κ3) is 4.44. The molecule has 2 heterocycles. The second kappa shape index (κ2) is 8.76. The lowest BCUT2D eigenvalue weighted by Gasteiger charge is -2.16. The van der Waals surface area contributed by atoms with Gasteiger partial charge in [-0.1, -0.05) is 25.4 Å². The highest BCUT2D eigenvalue weighted by molar-refractivity contribution is 7.99. The topological polar surface area (TPSA) is 60.2 Å². The fourth-order valence-electron chi connectivity index (χ4n) is 2.61. The van der Waals surface area contributed by atoms with E-state index in [9.17, 15) is 0 Å². The number of nitrogens with zero attached hydrogens (tertiary/aromatic N) is 2. The second-order valence-corrected chi connectivity index (χ2v) is 6.50. The van der Waals surface area contributed by atoms with Crippen LogP contribution in [-0.2, 0) is 4.74 Å². The minimum Gasteiger partial charge on any atom is -0.370 e. The third-order valence-corrected chi connectivity index (χ3v) is 4.91. The summed E-state index contributed by atoms with van der Waals surface area (Å²) in [5.74, 6) is 3.97. The van der Waals surface area contributed by atoms with Crippen molar-refractivity contribution in [2.45, 2.75) is 58.1 Å². The van der Waals surface area contributed by atoms with Crippen molar-refractivity contribution >= 4 is 11.8 Å². The Balaban J connectivity index is 2.03. The summed E-state index contributed by atoms with van der Waals surface area (Å²) in [6.07, 6.45) is 3.10. The molecule has 0 bridgehead atoms. The zero-order valence-corrected chi connectivity index (χ0v) is 14.1. The van der Waals surface area contributed by atoms with Gasteiger partial charge in [0.1, 0.15) is 6.10 Å². The molecule has 1 aliphatic heterocycles. The molecule has 0 aromatic carbocycles. The Morgan fingerprint density at radius 1 is 1.33 bits per heavy atom. The monoisotopic (exact) mass is 313 g/mol. The molecule has 0 aliphatic carbocycles. The molecule has 1 aliphatic rings. The van der Waals surface area contributed by atoms with Crippen LogP contribution in [0.3, 0.4) is 0 Å².